The molecule has 0 aromatic rings. The Morgan fingerprint density at radius 1 is 1.28 bits per heavy atom. The average molecular weight is 259 g/mol. The summed E-state index contributed by atoms with van der Waals surface area (Å²) in [6.07, 6.45) is 3.54. The maximum Gasteiger partial charge on any atom is 0.303 e. The van der Waals surface area contributed by atoms with Crippen LogP contribution >= 0.6 is 0 Å². The number of hydrogen-bond acceptors (Lipinski definition) is 3. The van der Waals surface area contributed by atoms with Crippen molar-refractivity contribution in [3.8, 4) is 0 Å². The summed E-state index contributed by atoms with van der Waals surface area (Å²) in [6, 6.07) is 0. The number of nitrogens with one attached hydrogen (secondary N) is 1. The summed E-state index contributed by atoms with van der Waals surface area (Å²) in [4.78, 5) is 21.8. The van der Waals surface area contributed by atoms with E-state index in [0.717, 1.165) is 19.3 Å². The van der Waals surface area contributed by atoms with E-state index >= 15 is 0 Å². The smallest absolute Gasteiger partial charge is 0.303 e. The zero-order valence-electron chi connectivity index (χ0n) is 11.4. The molecule has 5 heteroatoms. The topological polar surface area (TPSA) is 75.6 Å². The van der Waals surface area contributed by atoms with Gasteiger partial charge < -0.3 is 15.2 Å². The van der Waals surface area contributed by atoms with E-state index in [2.05, 4.69) is 5.32 Å². The lowest BCUT2D eigenvalue weighted by molar-refractivity contribution is -0.137. The van der Waals surface area contributed by atoms with E-state index in [1.807, 2.05) is 13.8 Å². The van der Waals surface area contributed by atoms with Crippen molar-refractivity contribution in [2.75, 3.05) is 19.8 Å². The molecule has 0 aliphatic rings. The standard InChI is InChI=1S/C13H25NO4/c1-3-9-18-10-12(15)14-8-7-11(4-2)5-6-13(16)17/h11H,3-10H2,1-2H3,(H,14,15)(H,16,17). The normalized spacial score (nSPS) is 12.1. The van der Waals surface area contributed by atoms with E-state index < -0.39 is 5.97 Å². The highest BCUT2D eigenvalue weighted by atomic mass is 16.5. The summed E-state index contributed by atoms with van der Waals surface area (Å²) >= 11 is 0. The predicted octanol–water partition coefficient (Wildman–Crippen LogP) is 1.81. The summed E-state index contributed by atoms with van der Waals surface area (Å²) < 4.78 is 5.12. The molecule has 0 aromatic heterocycles. The quantitative estimate of drug-likeness (QED) is 0.555. The second kappa shape index (κ2) is 11.0. The number of rotatable bonds is 11. The van der Waals surface area contributed by atoms with Crippen molar-refractivity contribution in [2.24, 2.45) is 5.92 Å². The summed E-state index contributed by atoms with van der Waals surface area (Å²) in [5.74, 6) is -0.500. The predicted molar refractivity (Wildman–Crippen MR) is 69.4 cm³/mol. The average Bonchev–Trinajstić information content (AvgIpc) is 2.33. The first kappa shape index (κ1) is 16.9. The zero-order chi connectivity index (χ0) is 13.8. The van der Waals surface area contributed by atoms with Crippen LogP contribution in [-0.2, 0) is 14.3 Å². The van der Waals surface area contributed by atoms with Gasteiger partial charge in [0.25, 0.3) is 0 Å². The Hall–Kier alpha value is -1.10. The highest BCUT2D eigenvalue weighted by molar-refractivity contribution is 5.77. The van der Waals surface area contributed by atoms with Crippen molar-refractivity contribution < 1.29 is 19.4 Å². The van der Waals surface area contributed by atoms with Crippen LogP contribution in [0.15, 0.2) is 0 Å². The Kier molecular flexibility index (Phi) is 10.3. The van der Waals surface area contributed by atoms with Gasteiger partial charge in [-0.05, 0) is 25.2 Å². The molecule has 1 amide bonds. The summed E-state index contributed by atoms with van der Waals surface area (Å²) in [6.45, 7) is 5.33. The number of aliphatic carboxylic acids is 1. The second-order valence-corrected chi connectivity index (χ2v) is 4.40. The maximum atomic E-state index is 11.3. The fourth-order valence-corrected chi connectivity index (χ4v) is 1.66. The molecule has 0 fully saturated rings. The van der Waals surface area contributed by atoms with Crippen LogP contribution in [0.1, 0.15) is 46.0 Å². The van der Waals surface area contributed by atoms with Gasteiger partial charge in [-0.1, -0.05) is 20.3 Å². The van der Waals surface area contributed by atoms with Gasteiger partial charge in [0.15, 0.2) is 0 Å². The van der Waals surface area contributed by atoms with Gasteiger partial charge in [0, 0.05) is 19.6 Å². The molecule has 1 atom stereocenters. The first-order chi connectivity index (χ1) is 8.60. The Morgan fingerprint density at radius 2 is 2.00 bits per heavy atom. The minimum Gasteiger partial charge on any atom is -0.481 e. The molecular weight excluding hydrogens is 234 g/mol. The third-order valence-corrected chi connectivity index (χ3v) is 2.80. The van der Waals surface area contributed by atoms with Crippen LogP contribution in [0.25, 0.3) is 0 Å². The molecule has 0 aliphatic heterocycles. The zero-order valence-corrected chi connectivity index (χ0v) is 11.4. The van der Waals surface area contributed by atoms with Gasteiger partial charge >= 0.3 is 5.97 Å². The van der Waals surface area contributed by atoms with Crippen molar-refractivity contribution in [1.29, 1.82) is 0 Å². The maximum absolute atomic E-state index is 11.3. The molecular formula is C13H25NO4. The number of amides is 1. The SMILES string of the molecule is CCCOCC(=O)NCCC(CC)CCC(=O)O. The molecule has 0 aromatic carbocycles. The van der Waals surface area contributed by atoms with E-state index in [4.69, 9.17) is 9.84 Å². The second-order valence-electron chi connectivity index (χ2n) is 4.40. The van der Waals surface area contributed by atoms with Gasteiger partial charge in [0.2, 0.25) is 5.91 Å². The van der Waals surface area contributed by atoms with Crippen LogP contribution in [-0.4, -0.2) is 36.7 Å². The molecule has 0 saturated carbocycles. The molecule has 0 radical (unpaired) electrons. The number of ether oxygens (including phenoxy) is 1. The Bertz CT molecular complexity index is 243. The molecule has 106 valence electrons. The fourth-order valence-electron chi connectivity index (χ4n) is 1.66. The lowest BCUT2D eigenvalue weighted by Crippen LogP contribution is -2.29. The monoisotopic (exact) mass is 259 g/mol. The van der Waals surface area contributed by atoms with Crippen LogP contribution in [0.3, 0.4) is 0 Å². The molecule has 18 heavy (non-hydrogen) atoms. The molecule has 1 unspecified atom stereocenters. The first-order valence-electron chi connectivity index (χ1n) is 6.66. The van der Waals surface area contributed by atoms with E-state index in [1.165, 1.54) is 0 Å². The van der Waals surface area contributed by atoms with Crippen molar-refractivity contribution in [1.82, 2.24) is 5.32 Å². The first-order valence-corrected chi connectivity index (χ1v) is 6.66. The van der Waals surface area contributed by atoms with Crippen LogP contribution in [0, 0.1) is 5.92 Å². The van der Waals surface area contributed by atoms with Gasteiger partial charge in [-0.3, -0.25) is 9.59 Å². The van der Waals surface area contributed by atoms with Crippen LogP contribution in [0.2, 0.25) is 0 Å². The molecule has 5 nitrogen and oxygen atoms in total. The molecule has 2 N–H and O–H groups in total. The molecule has 0 rings (SSSR count). The fraction of sp³-hybridized carbons (Fsp3) is 0.846. The van der Waals surface area contributed by atoms with Gasteiger partial charge in [-0.15, -0.1) is 0 Å². The van der Waals surface area contributed by atoms with E-state index in [0.29, 0.717) is 25.5 Å². The number of carboxylic acids is 1. The van der Waals surface area contributed by atoms with Crippen molar-refractivity contribution in [3.05, 3.63) is 0 Å². The lowest BCUT2D eigenvalue weighted by atomic mass is 9.97. The summed E-state index contributed by atoms with van der Waals surface area (Å²) in [5, 5.41) is 11.4. The minimum absolute atomic E-state index is 0.100. The Morgan fingerprint density at radius 3 is 2.56 bits per heavy atom. The van der Waals surface area contributed by atoms with Crippen molar-refractivity contribution >= 4 is 11.9 Å². The van der Waals surface area contributed by atoms with Crippen LogP contribution in [0.4, 0.5) is 0 Å². The van der Waals surface area contributed by atoms with Gasteiger partial charge in [-0.2, -0.15) is 0 Å². The summed E-state index contributed by atoms with van der Waals surface area (Å²) in [7, 11) is 0. The number of hydrogen-bond donors (Lipinski definition) is 2. The molecule has 0 saturated heterocycles. The van der Waals surface area contributed by atoms with Crippen LogP contribution < -0.4 is 5.32 Å². The molecule has 0 heterocycles. The van der Waals surface area contributed by atoms with Crippen LogP contribution in [0.5, 0.6) is 0 Å². The molecule has 0 aliphatic carbocycles. The van der Waals surface area contributed by atoms with Crippen molar-refractivity contribution in [2.45, 2.75) is 46.0 Å². The Balaban J connectivity index is 3.59. The highest BCUT2D eigenvalue weighted by Gasteiger charge is 2.09. The molecule has 0 spiro atoms. The minimum atomic E-state index is -0.759. The van der Waals surface area contributed by atoms with Gasteiger partial charge in [0.05, 0.1) is 0 Å². The lowest BCUT2D eigenvalue weighted by Gasteiger charge is -2.14. The largest absolute Gasteiger partial charge is 0.481 e. The highest BCUT2D eigenvalue weighted by Crippen LogP contribution is 2.14. The third kappa shape index (κ3) is 10.1. The summed E-state index contributed by atoms with van der Waals surface area (Å²) in [5.41, 5.74) is 0. The Labute approximate surface area is 109 Å². The van der Waals surface area contributed by atoms with E-state index in [-0.39, 0.29) is 18.9 Å². The molecule has 0 bridgehead atoms. The van der Waals surface area contributed by atoms with Crippen molar-refractivity contribution in [3.63, 3.8) is 0 Å². The van der Waals surface area contributed by atoms with Gasteiger partial charge in [-0.25, -0.2) is 0 Å². The number of carboxylic acid groups (broad SMARTS) is 1. The van der Waals surface area contributed by atoms with Gasteiger partial charge in [0.1, 0.15) is 6.61 Å². The third-order valence-electron chi connectivity index (χ3n) is 2.80. The number of carbonyl (C=O) groups is 2. The van der Waals surface area contributed by atoms with E-state index in [9.17, 15) is 9.59 Å². The number of carbonyl (C=O) groups excluding carboxylic acids is 1. The van der Waals surface area contributed by atoms with E-state index in [1.54, 1.807) is 0 Å².